The van der Waals surface area contributed by atoms with Crippen molar-refractivity contribution in [2.24, 2.45) is 0 Å². The van der Waals surface area contributed by atoms with E-state index in [1.165, 1.54) is 13.2 Å². The molecule has 4 rings (SSSR count). The van der Waals surface area contributed by atoms with E-state index in [9.17, 15) is 9.59 Å². The highest BCUT2D eigenvalue weighted by molar-refractivity contribution is 7.13. The van der Waals surface area contributed by atoms with Gasteiger partial charge in [0.05, 0.1) is 17.7 Å². The maximum atomic E-state index is 12.9. The number of amides is 1. The van der Waals surface area contributed by atoms with Crippen LogP contribution >= 0.6 is 11.3 Å². The van der Waals surface area contributed by atoms with Crippen LogP contribution in [0.1, 0.15) is 34.9 Å². The van der Waals surface area contributed by atoms with Crippen LogP contribution in [0.5, 0.6) is 5.88 Å². The topological polar surface area (TPSA) is 88.2 Å². The Hall–Kier alpha value is -3.00. The van der Waals surface area contributed by atoms with Gasteiger partial charge in [-0.2, -0.15) is 0 Å². The quantitative estimate of drug-likeness (QED) is 0.733. The highest BCUT2D eigenvalue weighted by Gasteiger charge is 2.27. The molecule has 1 aliphatic heterocycles. The van der Waals surface area contributed by atoms with Crippen molar-refractivity contribution < 1.29 is 9.53 Å². The van der Waals surface area contributed by atoms with Crippen molar-refractivity contribution in [1.82, 2.24) is 19.9 Å². The number of carbonyl (C=O) groups is 1. The number of rotatable bonds is 4. The number of hydrogen-bond acceptors (Lipinski definition) is 6. The van der Waals surface area contributed by atoms with Crippen LogP contribution in [-0.2, 0) is 0 Å². The highest BCUT2D eigenvalue weighted by Crippen LogP contribution is 2.28. The predicted octanol–water partition coefficient (Wildman–Crippen LogP) is 2.92. The summed E-state index contributed by atoms with van der Waals surface area (Å²) in [6, 6.07) is 8.73. The first-order chi connectivity index (χ1) is 13.6. The number of aromatic amines is 1. The van der Waals surface area contributed by atoms with E-state index in [0.29, 0.717) is 36.1 Å². The van der Waals surface area contributed by atoms with Gasteiger partial charge in [0.25, 0.3) is 11.5 Å². The van der Waals surface area contributed by atoms with Crippen molar-refractivity contribution in [3.05, 3.63) is 63.7 Å². The van der Waals surface area contributed by atoms with E-state index in [1.807, 2.05) is 17.5 Å². The van der Waals surface area contributed by atoms with Crippen molar-refractivity contribution >= 4 is 17.2 Å². The second-order valence-corrected chi connectivity index (χ2v) is 7.62. The Morgan fingerprint density at radius 1 is 1.36 bits per heavy atom. The Morgan fingerprint density at radius 2 is 2.25 bits per heavy atom. The first kappa shape index (κ1) is 18.4. The fourth-order valence-corrected chi connectivity index (χ4v) is 4.13. The number of pyridine rings is 1. The smallest absolute Gasteiger partial charge is 0.254 e. The molecule has 0 bridgehead atoms. The zero-order valence-corrected chi connectivity index (χ0v) is 16.2. The molecular formula is C20H20N4O3S. The van der Waals surface area contributed by atoms with Gasteiger partial charge in [-0.1, -0.05) is 6.07 Å². The first-order valence-corrected chi connectivity index (χ1v) is 9.96. The van der Waals surface area contributed by atoms with Crippen LogP contribution in [0.2, 0.25) is 0 Å². The Bertz CT molecular complexity index is 1030. The van der Waals surface area contributed by atoms with Gasteiger partial charge in [0.15, 0.2) is 0 Å². The minimum Gasteiger partial charge on any atom is -0.481 e. The molecule has 144 valence electrons. The number of ether oxygens (including phenoxy) is 1. The molecule has 28 heavy (non-hydrogen) atoms. The third-order valence-corrected chi connectivity index (χ3v) is 5.71. The third-order valence-electron chi connectivity index (χ3n) is 4.82. The fourth-order valence-electron chi connectivity index (χ4n) is 3.44. The van der Waals surface area contributed by atoms with Crippen LogP contribution in [-0.4, -0.2) is 46.0 Å². The Morgan fingerprint density at radius 3 is 3.04 bits per heavy atom. The second-order valence-electron chi connectivity index (χ2n) is 6.67. The third kappa shape index (κ3) is 3.82. The lowest BCUT2D eigenvalue weighted by molar-refractivity contribution is 0.0704. The van der Waals surface area contributed by atoms with Gasteiger partial charge in [-0.25, -0.2) is 9.97 Å². The minimum atomic E-state index is -0.171. The molecule has 0 aromatic carbocycles. The number of likely N-dealkylation sites (tertiary alicyclic amines) is 1. The van der Waals surface area contributed by atoms with Gasteiger partial charge in [-0.15, -0.1) is 11.3 Å². The van der Waals surface area contributed by atoms with Gasteiger partial charge in [0.2, 0.25) is 5.88 Å². The molecule has 0 saturated carbocycles. The van der Waals surface area contributed by atoms with Crippen LogP contribution in [0.3, 0.4) is 0 Å². The van der Waals surface area contributed by atoms with E-state index in [4.69, 9.17) is 4.74 Å². The van der Waals surface area contributed by atoms with E-state index in [0.717, 1.165) is 17.7 Å². The van der Waals surface area contributed by atoms with Crippen LogP contribution in [0.15, 0.2) is 46.7 Å². The molecule has 1 aliphatic rings. The molecule has 0 unspecified atom stereocenters. The molecule has 1 amide bonds. The number of aromatic nitrogens is 3. The normalized spacial score (nSPS) is 16.8. The number of nitrogens with one attached hydrogen (secondary N) is 1. The summed E-state index contributed by atoms with van der Waals surface area (Å²) in [5.41, 5.74) is 1.05. The van der Waals surface area contributed by atoms with Crippen molar-refractivity contribution in [1.29, 1.82) is 0 Å². The van der Waals surface area contributed by atoms with E-state index < -0.39 is 0 Å². The fraction of sp³-hybridized carbons (Fsp3) is 0.300. The van der Waals surface area contributed by atoms with Gasteiger partial charge < -0.3 is 14.6 Å². The standard InChI is InChI=1S/C20H20N4O3S/c1-27-18-10-13(6-7-21-18)20(26)24-8-2-4-14(12-24)19-22-15(11-17(25)23-19)16-5-3-9-28-16/h3,5-7,9-11,14H,2,4,8,12H2,1H3,(H,22,23,25)/t14-/m0/s1. The molecular weight excluding hydrogens is 376 g/mol. The monoisotopic (exact) mass is 396 g/mol. The van der Waals surface area contributed by atoms with Crippen LogP contribution in [0.4, 0.5) is 0 Å². The lowest BCUT2D eigenvalue weighted by atomic mass is 9.96. The van der Waals surface area contributed by atoms with Crippen LogP contribution < -0.4 is 10.3 Å². The summed E-state index contributed by atoms with van der Waals surface area (Å²) in [7, 11) is 1.52. The van der Waals surface area contributed by atoms with Crippen molar-refractivity contribution in [2.75, 3.05) is 20.2 Å². The second kappa shape index (κ2) is 7.93. The lowest BCUT2D eigenvalue weighted by Gasteiger charge is -2.32. The lowest BCUT2D eigenvalue weighted by Crippen LogP contribution is -2.40. The molecule has 8 heteroatoms. The average molecular weight is 396 g/mol. The summed E-state index contributed by atoms with van der Waals surface area (Å²) in [5.74, 6) is 0.978. The van der Waals surface area contributed by atoms with E-state index in [1.54, 1.807) is 34.6 Å². The van der Waals surface area contributed by atoms with E-state index >= 15 is 0 Å². The molecule has 3 aromatic rings. The molecule has 1 N–H and O–H groups in total. The van der Waals surface area contributed by atoms with Gasteiger partial charge in [-0.3, -0.25) is 9.59 Å². The number of carbonyl (C=O) groups excluding carboxylic acids is 1. The Kier molecular flexibility index (Phi) is 5.21. The summed E-state index contributed by atoms with van der Waals surface area (Å²) in [6.45, 7) is 1.19. The van der Waals surface area contributed by atoms with Gasteiger partial charge in [-0.05, 0) is 30.4 Å². The summed E-state index contributed by atoms with van der Waals surface area (Å²) >= 11 is 1.55. The zero-order valence-electron chi connectivity index (χ0n) is 15.4. The number of thiophene rings is 1. The molecule has 7 nitrogen and oxygen atoms in total. The number of H-pyrrole nitrogens is 1. The number of nitrogens with zero attached hydrogens (tertiary/aromatic N) is 3. The van der Waals surface area contributed by atoms with Crippen molar-refractivity contribution in [2.45, 2.75) is 18.8 Å². The first-order valence-electron chi connectivity index (χ1n) is 9.08. The molecule has 3 aromatic heterocycles. The average Bonchev–Trinajstić information content (AvgIpc) is 3.28. The summed E-state index contributed by atoms with van der Waals surface area (Å²) in [5, 5.41) is 1.96. The summed E-state index contributed by atoms with van der Waals surface area (Å²) in [6.07, 6.45) is 3.29. The minimum absolute atomic E-state index is 0.00551. The maximum Gasteiger partial charge on any atom is 0.254 e. The van der Waals surface area contributed by atoms with Crippen molar-refractivity contribution in [3.8, 4) is 16.5 Å². The Balaban J connectivity index is 1.57. The highest BCUT2D eigenvalue weighted by atomic mass is 32.1. The van der Waals surface area contributed by atoms with Crippen molar-refractivity contribution in [3.63, 3.8) is 0 Å². The number of methoxy groups -OCH3 is 1. The predicted molar refractivity (Wildman–Crippen MR) is 107 cm³/mol. The molecule has 0 spiro atoms. The zero-order chi connectivity index (χ0) is 19.5. The van der Waals surface area contributed by atoms with Crippen LogP contribution in [0, 0.1) is 0 Å². The molecule has 1 fully saturated rings. The SMILES string of the molecule is COc1cc(C(=O)N2CCC[C@H](c3nc(-c4cccs4)cc(=O)[nH]3)C2)ccn1. The largest absolute Gasteiger partial charge is 0.481 e. The van der Waals surface area contributed by atoms with Gasteiger partial charge in [0.1, 0.15) is 5.82 Å². The summed E-state index contributed by atoms with van der Waals surface area (Å²) in [4.78, 5) is 39.4. The summed E-state index contributed by atoms with van der Waals surface area (Å²) < 4.78 is 5.11. The van der Waals surface area contributed by atoms with E-state index in [-0.39, 0.29) is 17.4 Å². The van der Waals surface area contributed by atoms with E-state index in [2.05, 4.69) is 15.0 Å². The van der Waals surface area contributed by atoms with Gasteiger partial charge in [0, 0.05) is 42.9 Å². The Labute approximate surface area is 166 Å². The molecule has 0 aliphatic carbocycles. The van der Waals surface area contributed by atoms with Crippen LogP contribution in [0.25, 0.3) is 10.6 Å². The molecule has 4 heterocycles. The molecule has 0 radical (unpaired) electrons. The number of piperidine rings is 1. The molecule has 1 saturated heterocycles. The maximum absolute atomic E-state index is 12.9. The van der Waals surface area contributed by atoms with Gasteiger partial charge >= 0.3 is 0 Å². The molecule has 1 atom stereocenters. The number of hydrogen-bond donors (Lipinski definition) is 1.